The summed E-state index contributed by atoms with van der Waals surface area (Å²) in [5, 5.41) is 4.39. The molecular weight excluding hydrogens is 358 g/mol. The molecule has 0 bridgehead atoms. The van der Waals surface area contributed by atoms with Crippen LogP contribution in [0.3, 0.4) is 0 Å². The standard InChI is InChI=1S/C18H18ClN3O4/c1-4-21-10-13-16(20-21)15(19)14(18(24)26-3)17(23)22(13)9-11-5-7-12(25-2)8-6-11/h5-8,10H,4,9H2,1-3H3. The third-order valence-electron chi connectivity index (χ3n) is 4.13. The molecule has 2 aromatic heterocycles. The summed E-state index contributed by atoms with van der Waals surface area (Å²) in [6.07, 6.45) is 1.74. The van der Waals surface area contributed by atoms with Gasteiger partial charge in [0.05, 0.1) is 31.3 Å². The second-order valence-electron chi connectivity index (χ2n) is 5.64. The molecule has 0 fully saturated rings. The van der Waals surface area contributed by atoms with E-state index in [1.807, 2.05) is 31.2 Å². The van der Waals surface area contributed by atoms with Crippen molar-refractivity contribution in [1.82, 2.24) is 14.3 Å². The van der Waals surface area contributed by atoms with Gasteiger partial charge < -0.3 is 14.0 Å². The summed E-state index contributed by atoms with van der Waals surface area (Å²) in [5.74, 6) is -0.0622. The van der Waals surface area contributed by atoms with E-state index in [9.17, 15) is 9.59 Å². The molecule has 0 unspecified atom stereocenters. The van der Waals surface area contributed by atoms with Crippen molar-refractivity contribution < 1.29 is 14.3 Å². The number of methoxy groups -OCH3 is 2. The lowest BCUT2D eigenvalue weighted by atomic mass is 10.2. The van der Waals surface area contributed by atoms with Gasteiger partial charge in [0.25, 0.3) is 5.56 Å². The molecule has 1 aromatic carbocycles. The van der Waals surface area contributed by atoms with Crippen molar-refractivity contribution in [2.24, 2.45) is 0 Å². The first-order chi connectivity index (χ1) is 12.5. The van der Waals surface area contributed by atoms with Crippen molar-refractivity contribution in [3.05, 3.63) is 57.0 Å². The van der Waals surface area contributed by atoms with Crippen LogP contribution in [-0.2, 0) is 17.8 Å². The fourth-order valence-electron chi connectivity index (χ4n) is 2.73. The van der Waals surface area contributed by atoms with Crippen molar-refractivity contribution >= 4 is 28.6 Å². The lowest BCUT2D eigenvalue weighted by Crippen LogP contribution is -2.28. The van der Waals surface area contributed by atoms with Crippen LogP contribution in [0.2, 0.25) is 5.02 Å². The zero-order chi connectivity index (χ0) is 18.8. The minimum Gasteiger partial charge on any atom is -0.497 e. The summed E-state index contributed by atoms with van der Waals surface area (Å²) in [7, 11) is 2.80. The second-order valence-corrected chi connectivity index (χ2v) is 6.02. The number of aromatic nitrogens is 3. The van der Waals surface area contributed by atoms with E-state index in [2.05, 4.69) is 5.10 Å². The molecule has 26 heavy (non-hydrogen) atoms. The Morgan fingerprint density at radius 2 is 1.92 bits per heavy atom. The van der Waals surface area contributed by atoms with Gasteiger partial charge in [0, 0.05) is 12.7 Å². The molecular formula is C18H18ClN3O4. The molecule has 3 aromatic rings. The lowest BCUT2D eigenvalue weighted by molar-refractivity contribution is 0.0598. The van der Waals surface area contributed by atoms with Gasteiger partial charge in [0.1, 0.15) is 16.8 Å². The third kappa shape index (κ3) is 3.06. The lowest BCUT2D eigenvalue weighted by Gasteiger charge is -2.11. The molecule has 3 rings (SSSR count). The maximum absolute atomic E-state index is 12.9. The Morgan fingerprint density at radius 1 is 1.23 bits per heavy atom. The Bertz CT molecular complexity index is 1020. The van der Waals surface area contributed by atoms with Crippen molar-refractivity contribution in [2.45, 2.75) is 20.0 Å². The molecule has 136 valence electrons. The van der Waals surface area contributed by atoms with Crippen LogP contribution in [0.1, 0.15) is 22.8 Å². The summed E-state index contributed by atoms with van der Waals surface area (Å²) >= 11 is 6.30. The Kier molecular flexibility index (Phi) is 4.99. The van der Waals surface area contributed by atoms with Crippen molar-refractivity contribution in [3.8, 4) is 5.75 Å². The molecule has 0 aliphatic heterocycles. The van der Waals surface area contributed by atoms with Gasteiger partial charge in [-0.3, -0.25) is 9.48 Å². The van der Waals surface area contributed by atoms with Crippen LogP contribution in [0.5, 0.6) is 5.75 Å². The molecule has 0 atom stereocenters. The van der Waals surface area contributed by atoms with Crippen LogP contribution < -0.4 is 10.3 Å². The Morgan fingerprint density at radius 3 is 2.50 bits per heavy atom. The number of rotatable bonds is 5. The van der Waals surface area contributed by atoms with E-state index in [1.165, 1.54) is 11.7 Å². The first-order valence-electron chi connectivity index (χ1n) is 8.00. The maximum Gasteiger partial charge on any atom is 0.345 e. The molecule has 2 heterocycles. The van der Waals surface area contributed by atoms with Crippen molar-refractivity contribution in [1.29, 1.82) is 0 Å². The number of esters is 1. The number of aryl methyl sites for hydroxylation is 1. The first kappa shape index (κ1) is 18.0. The highest BCUT2D eigenvalue weighted by atomic mass is 35.5. The maximum atomic E-state index is 12.9. The van der Waals surface area contributed by atoms with Crippen molar-refractivity contribution in [2.75, 3.05) is 14.2 Å². The summed E-state index contributed by atoms with van der Waals surface area (Å²) in [4.78, 5) is 25.0. The largest absolute Gasteiger partial charge is 0.497 e. The van der Waals surface area contributed by atoms with Crippen LogP contribution >= 0.6 is 11.6 Å². The summed E-state index contributed by atoms with van der Waals surface area (Å²) in [5.41, 5.74) is 1.10. The highest BCUT2D eigenvalue weighted by Crippen LogP contribution is 2.25. The minimum atomic E-state index is -0.781. The van der Waals surface area contributed by atoms with Gasteiger partial charge in [-0.15, -0.1) is 0 Å². The van der Waals surface area contributed by atoms with Crippen molar-refractivity contribution in [3.63, 3.8) is 0 Å². The number of halogens is 1. The Balaban J connectivity index is 2.22. The zero-order valence-corrected chi connectivity index (χ0v) is 15.4. The van der Waals surface area contributed by atoms with Crippen LogP contribution in [0.4, 0.5) is 0 Å². The smallest absolute Gasteiger partial charge is 0.345 e. The van der Waals surface area contributed by atoms with Gasteiger partial charge >= 0.3 is 5.97 Å². The van der Waals surface area contributed by atoms with E-state index in [0.717, 1.165) is 11.3 Å². The molecule has 0 aliphatic rings. The molecule has 0 radical (unpaired) electrons. The van der Waals surface area contributed by atoms with E-state index in [1.54, 1.807) is 18.0 Å². The highest BCUT2D eigenvalue weighted by Gasteiger charge is 2.24. The first-order valence-corrected chi connectivity index (χ1v) is 8.38. The third-order valence-corrected chi connectivity index (χ3v) is 4.50. The molecule has 0 saturated heterocycles. The highest BCUT2D eigenvalue weighted by molar-refractivity contribution is 6.37. The summed E-state index contributed by atoms with van der Waals surface area (Å²) in [6.45, 7) is 2.79. The SMILES string of the molecule is CCn1cc2c(n1)c(Cl)c(C(=O)OC)c(=O)n2Cc1ccc(OC)cc1. The van der Waals surface area contributed by atoms with Gasteiger partial charge in [-0.25, -0.2) is 4.79 Å². The fourth-order valence-corrected chi connectivity index (χ4v) is 3.03. The quantitative estimate of drug-likeness (QED) is 0.641. The monoisotopic (exact) mass is 375 g/mol. The topological polar surface area (TPSA) is 75.4 Å². The molecule has 7 nitrogen and oxygen atoms in total. The van der Waals surface area contributed by atoms with E-state index < -0.39 is 11.5 Å². The van der Waals surface area contributed by atoms with Crippen LogP contribution in [0.25, 0.3) is 11.0 Å². The van der Waals surface area contributed by atoms with E-state index in [0.29, 0.717) is 17.6 Å². The Labute approximate surface area is 154 Å². The number of carbonyl (C=O) groups is 1. The molecule has 0 amide bonds. The Hall–Kier alpha value is -2.80. The summed E-state index contributed by atoms with van der Waals surface area (Å²) < 4.78 is 13.0. The normalized spacial score (nSPS) is 10.9. The number of benzene rings is 1. The summed E-state index contributed by atoms with van der Waals surface area (Å²) in [6, 6.07) is 7.33. The molecule has 0 N–H and O–H groups in total. The second kappa shape index (κ2) is 7.21. The molecule has 0 saturated carbocycles. The number of pyridine rings is 1. The van der Waals surface area contributed by atoms with Gasteiger partial charge in [-0.05, 0) is 24.6 Å². The predicted octanol–water partition coefficient (Wildman–Crippen LogP) is 2.71. The number of hydrogen-bond acceptors (Lipinski definition) is 5. The van der Waals surface area contributed by atoms with Crippen LogP contribution in [-0.4, -0.2) is 34.5 Å². The molecule has 8 heteroatoms. The van der Waals surface area contributed by atoms with Gasteiger partial charge in [-0.2, -0.15) is 5.10 Å². The van der Waals surface area contributed by atoms with Gasteiger partial charge in [0.15, 0.2) is 0 Å². The zero-order valence-electron chi connectivity index (χ0n) is 14.7. The average molecular weight is 376 g/mol. The van der Waals surface area contributed by atoms with Gasteiger partial charge in [0.2, 0.25) is 0 Å². The van der Waals surface area contributed by atoms with E-state index >= 15 is 0 Å². The van der Waals surface area contributed by atoms with Crippen LogP contribution in [0, 0.1) is 0 Å². The van der Waals surface area contributed by atoms with Gasteiger partial charge in [-0.1, -0.05) is 23.7 Å². The minimum absolute atomic E-state index is 0.00929. The number of ether oxygens (including phenoxy) is 2. The number of fused-ring (bicyclic) bond motifs is 1. The fraction of sp³-hybridized carbons (Fsp3) is 0.278. The molecule has 0 aliphatic carbocycles. The number of nitrogens with zero attached hydrogens (tertiary/aromatic N) is 3. The number of carbonyl (C=O) groups excluding carboxylic acids is 1. The van der Waals surface area contributed by atoms with E-state index in [4.69, 9.17) is 21.1 Å². The molecule has 0 spiro atoms. The number of hydrogen-bond donors (Lipinski definition) is 0. The predicted molar refractivity (Wildman–Crippen MR) is 98.1 cm³/mol. The van der Waals surface area contributed by atoms with E-state index in [-0.39, 0.29) is 17.1 Å². The van der Waals surface area contributed by atoms with Crippen LogP contribution in [0.15, 0.2) is 35.3 Å². The average Bonchev–Trinajstić information content (AvgIpc) is 3.10.